The van der Waals surface area contributed by atoms with Gasteiger partial charge in [0.15, 0.2) is 6.61 Å². The van der Waals surface area contributed by atoms with Gasteiger partial charge in [-0.05, 0) is 19.1 Å². The van der Waals surface area contributed by atoms with Crippen LogP contribution in [0.2, 0.25) is 0 Å². The number of pyridine rings is 1. The van der Waals surface area contributed by atoms with E-state index >= 15 is 0 Å². The molecule has 2 N–H and O–H groups in total. The molecule has 10 nitrogen and oxygen atoms in total. The first-order valence-corrected chi connectivity index (χ1v) is 8.04. The van der Waals surface area contributed by atoms with E-state index in [-0.39, 0.29) is 18.2 Å². The summed E-state index contributed by atoms with van der Waals surface area (Å²) in [5, 5.41) is 8.00. The minimum atomic E-state index is -0.767. The van der Waals surface area contributed by atoms with Crippen molar-refractivity contribution in [2.45, 2.75) is 13.5 Å². The quantitative estimate of drug-likeness (QED) is 0.594. The standard InChI is InChI=1S/C17H16FN5O5/c1-9-11(16(22-28-9)12-4-3-10(18)6-20-12)7-26-15-5-13(23(2)21-15)17(25)27-8-14(19)24/h3-6H,7-8H2,1-2H3,(H2,19,24). The molecule has 0 aliphatic rings. The lowest BCUT2D eigenvalue weighted by Gasteiger charge is -2.03. The van der Waals surface area contributed by atoms with Crippen molar-refractivity contribution >= 4 is 11.9 Å². The van der Waals surface area contributed by atoms with Crippen molar-refractivity contribution in [3.05, 3.63) is 47.2 Å². The molecule has 0 saturated carbocycles. The van der Waals surface area contributed by atoms with E-state index in [1.165, 1.54) is 29.9 Å². The molecule has 0 aliphatic carbocycles. The Bertz CT molecular complexity index is 1010. The van der Waals surface area contributed by atoms with Crippen molar-refractivity contribution in [2.24, 2.45) is 12.8 Å². The largest absolute Gasteiger partial charge is 0.471 e. The van der Waals surface area contributed by atoms with Gasteiger partial charge in [0, 0.05) is 13.1 Å². The van der Waals surface area contributed by atoms with E-state index in [9.17, 15) is 14.0 Å². The zero-order chi connectivity index (χ0) is 20.3. The molecule has 28 heavy (non-hydrogen) atoms. The van der Waals surface area contributed by atoms with Crippen molar-refractivity contribution < 1.29 is 28.0 Å². The number of amides is 1. The fourth-order valence-corrected chi connectivity index (χ4v) is 2.34. The number of aromatic nitrogens is 4. The van der Waals surface area contributed by atoms with Crippen LogP contribution in [0.1, 0.15) is 21.8 Å². The van der Waals surface area contributed by atoms with Crippen molar-refractivity contribution in [2.75, 3.05) is 6.61 Å². The third-order valence-corrected chi connectivity index (χ3v) is 3.73. The van der Waals surface area contributed by atoms with E-state index < -0.39 is 24.3 Å². The molecule has 146 valence electrons. The van der Waals surface area contributed by atoms with Gasteiger partial charge < -0.3 is 19.7 Å². The molecular formula is C17H16FN5O5. The molecule has 1 amide bonds. The van der Waals surface area contributed by atoms with Gasteiger partial charge in [0.1, 0.15) is 29.6 Å². The number of carbonyl (C=O) groups excluding carboxylic acids is 2. The molecule has 0 atom stereocenters. The van der Waals surface area contributed by atoms with Gasteiger partial charge >= 0.3 is 5.97 Å². The van der Waals surface area contributed by atoms with Crippen LogP contribution in [0.4, 0.5) is 4.39 Å². The highest BCUT2D eigenvalue weighted by Crippen LogP contribution is 2.25. The first kappa shape index (κ1) is 19.0. The van der Waals surface area contributed by atoms with Gasteiger partial charge in [-0.1, -0.05) is 5.16 Å². The van der Waals surface area contributed by atoms with E-state index in [0.29, 0.717) is 22.7 Å². The Hall–Kier alpha value is -3.76. The number of hydrogen-bond donors (Lipinski definition) is 1. The average Bonchev–Trinajstić information content (AvgIpc) is 3.21. The van der Waals surface area contributed by atoms with Crippen LogP contribution in [0.5, 0.6) is 5.88 Å². The summed E-state index contributed by atoms with van der Waals surface area (Å²) < 4.78 is 29.9. The molecule has 0 radical (unpaired) electrons. The highest BCUT2D eigenvalue weighted by atomic mass is 19.1. The van der Waals surface area contributed by atoms with Gasteiger partial charge in [0.25, 0.3) is 5.91 Å². The second-order valence-corrected chi connectivity index (χ2v) is 5.75. The van der Waals surface area contributed by atoms with Crippen LogP contribution in [-0.4, -0.2) is 38.4 Å². The Balaban J connectivity index is 1.74. The second-order valence-electron chi connectivity index (χ2n) is 5.75. The lowest BCUT2D eigenvalue weighted by atomic mass is 10.1. The molecule has 0 spiro atoms. The van der Waals surface area contributed by atoms with Crippen molar-refractivity contribution in [3.63, 3.8) is 0 Å². The molecule has 3 heterocycles. The van der Waals surface area contributed by atoms with Gasteiger partial charge in [0.2, 0.25) is 5.88 Å². The number of aryl methyl sites for hydroxylation is 2. The molecule has 11 heteroatoms. The molecule has 3 aromatic rings. The van der Waals surface area contributed by atoms with E-state index in [1.54, 1.807) is 6.92 Å². The topological polar surface area (TPSA) is 135 Å². The molecule has 3 rings (SSSR count). The Morgan fingerprint density at radius 3 is 2.82 bits per heavy atom. The summed E-state index contributed by atoms with van der Waals surface area (Å²) in [4.78, 5) is 26.6. The van der Waals surface area contributed by atoms with E-state index in [0.717, 1.165) is 6.20 Å². The maximum absolute atomic E-state index is 13.1. The fraction of sp³-hybridized carbons (Fsp3) is 0.235. The number of ether oxygens (including phenoxy) is 2. The summed E-state index contributed by atoms with van der Waals surface area (Å²) in [6.07, 6.45) is 1.08. The number of esters is 1. The molecule has 0 aromatic carbocycles. The first-order chi connectivity index (χ1) is 13.3. The normalized spacial score (nSPS) is 10.7. The van der Waals surface area contributed by atoms with Gasteiger partial charge in [-0.15, -0.1) is 5.10 Å². The summed E-state index contributed by atoms with van der Waals surface area (Å²) in [5.74, 6) is -1.35. The van der Waals surface area contributed by atoms with Crippen molar-refractivity contribution in [3.8, 4) is 17.3 Å². The van der Waals surface area contributed by atoms with E-state index in [4.69, 9.17) is 19.7 Å². The number of primary amides is 1. The Kier molecular flexibility index (Phi) is 5.34. The Morgan fingerprint density at radius 2 is 2.14 bits per heavy atom. The average molecular weight is 389 g/mol. The zero-order valence-electron chi connectivity index (χ0n) is 15.0. The lowest BCUT2D eigenvalue weighted by Crippen LogP contribution is -2.22. The van der Waals surface area contributed by atoms with E-state index in [1.807, 2.05) is 0 Å². The van der Waals surface area contributed by atoms with Crippen molar-refractivity contribution in [1.29, 1.82) is 0 Å². The Labute approximate surface area is 158 Å². The Morgan fingerprint density at radius 1 is 1.36 bits per heavy atom. The minimum Gasteiger partial charge on any atom is -0.471 e. The molecule has 0 fully saturated rings. The molecule has 3 aromatic heterocycles. The summed E-state index contributed by atoms with van der Waals surface area (Å²) in [5.41, 5.74) is 6.46. The summed E-state index contributed by atoms with van der Waals surface area (Å²) in [7, 11) is 1.52. The zero-order valence-corrected chi connectivity index (χ0v) is 15.0. The number of nitrogens with zero attached hydrogens (tertiary/aromatic N) is 4. The van der Waals surface area contributed by atoms with Crippen LogP contribution in [0.25, 0.3) is 11.4 Å². The van der Waals surface area contributed by atoms with Crippen molar-refractivity contribution in [1.82, 2.24) is 19.9 Å². The fourth-order valence-electron chi connectivity index (χ4n) is 2.34. The predicted molar refractivity (Wildman–Crippen MR) is 91.4 cm³/mol. The van der Waals surface area contributed by atoms with Crippen LogP contribution in [-0.2, 0) is 23.2 Å². The van der Waals surface area contributed by atoms with Crippen LogP contribution in [0, 0.1) is 12.7 Å². The number of halogens is 1. The van der Waals surface area contributed by atoms with Gasteiger partial charge in [-0.3, -0.25) is 14.5 Å². The third-order valence-electron chi connectivity index (χ3n) is 3.73. The van der Waals surface area contributed by atoms with Crippen LogP contribution < -0.4 is 10.5 Å². The molecule has 0 unspecified atom stereocenters. The van der Waals surface area contributed by atoms with Crippen LogP contribution >= 0.6 is 0 Å². The number of hydrogen-bond acceptors (Lipinski definition) is 8. The predicted octanol–water partition coefficient (Wildman–Crippen LogP) is 1.14. The number of nitrogens with two attached hydrogens (primary N) is 1. The smallest absolute Gasteiger partial charge is 0.357 e. The van der Waals surface area contributed by atoms with Crippen LogP contribution in [0.15, 0.2) is 28.9 Å². The summed E-state index contributed by atoms with van der Waals surface area (Å²) >= 11 is 0. The first-order valence-electron chi connectivity index (χ1n) is 8.04. The molecule has 0 saturated heterocycles. The van der Waals surface area contributed by atoms with E-state index in [2.05, 4.69) is 15.2 Å². The second kappa shape index (κ2) is 7.86. The highest BCUT2D eigenvalue weighted by molar-refractivity contribution is 5.89. The van der Waals surface area contributed by atoms with Gasteiger partial charge in [-0.2, -0.15) is 0 Å². The molecule has 0 bridgehead atoms. The summed E-state index contributed by atoms with van der Waals surface area (Å²) in [6, 6.07) is 4.10. The maximum atomic E-state index is 13.1. The van der Waals surface area contributed by atoms with Gasteiger partial charge in [0.05, 0.1) is 17.5 Å². The lowest BCUT2D eigenvalue weighted by molar-refractivity contribution is -0.121. The monoisotopic (exact) mass is 389 g/mol. The van der Waals surface area contributed by atoms with Gasteiger partial charge in [-0.25, -0.2) is 9.18 Å². The minimum absolute atomic E-state index is 0.0243. The third kappa shape index (κ3) is 4.14. The SMILES string of the molecule is Cc1onc(-c2ccc(F)cn2)c1COc1cc(C(=O)OCC(N)=O)n(C)n1. The maximum Gasteiger partial charge on any atom is 0.357 e. The number of rotatable bonds is 7. The molecular weight excluding hydrogens is 373 g/mol. The van der Waals surface area contributed by atoms with Crippen LogP contribution in [0.3, 0.4) is 0 Å². The highest BCUT2D eigenvalue weighted by Gasteiger charge is 2.19. The molecule has 0 aliphatic heterocycles. The summed E-state index contributed by atoms with van der Waals surface area (Å²) in [6.45, 7) is 1.19. The number of carbonyl (C=O) groups is 2.